The van der Waals surface area contributed by atoms with Crippen LogP contribution in [0, 0.1) is 0 Å². The van der Waals surface area contributed by atoms with Gasteiger partial charge in [-0.1, -0.05) is 6.92 Å². The van der Waals surface area contributed by atoms with Gasteiger partial charge in [0.05, 0.1) is 8.39 Å². The fourth-order valence-corrected chi connectivity index (χ4v) is 1.47. The summed E-state index contributed by atoms with van der Waals surface area (Å²) in [5, 5.41) is 0. The first-order chi connectivity index (χ1) is 4.57. The van der Waals surface area contributed by atoms with Gasteiger partial charge in [-0.05, 0) is 7.05 Å². The van der Waals surface area contributed by atoms with Crippen molar-refractivity contribution in [2.24, 2.45) is 4.52 Å². The van der Waals surface area contributed by atoms with E-state index in [1.165, 1.54) is 7.05 Å². The van der Waals surface area contributed by atoms with Crippen LogP contribution in [0.1, 0.15) is 6.92 Å². The van der Waals surface area contributed by atoms with Gasteiger partial charge in [-0.2, -0.15) is 4.20 Å². The molecule has 0 aliphatic rings. The number of rotatable bonds is 3. The van der Waals surface area contributed by atoms with Gasteiger partial charge in [0.25, 0.3) is 0 Å². The van der Waals surface area contributed by atoms with Gasteiger partial charge in [0.2, 0.25) is 0 Å². The Balaban J connectivity index is 3.83. The van der Waals surface area contributed by atoms with E-state index in [4.69, 9.17) is 0 Å². The van der Waals surface area contributed by atoms with Crippen LogP contribution in [0.25, 0.3) is 0 Å². The van der Waals surface area contributed by atoms with Crippen LogP contribution in [0.3, 0.4) is 0 Å². The monoisotopic (exact) mass is 191 g/mol. The van der Waals surface area contributed by atoms with E-state index in [-0.39, 0.29) is 0 Å². The van der Waals surface area contributed by atoms with Gasteiger partial charge in [-0.25, -0.2) is 4.67 Å². The van der Waals surface area contributed by atoms with Crippen LogP contribution in [0.15, 0.2) is 4.52 Å². The molecule has 7 heteroatoms. The summed E-state index contributed by atoms with van der Waals surface area (Å²) >= 11 is 0. The molecule has 2 nitrogen and oxygen atoms in total. The van der Waals surface area contributed by atoms with Crippen LogP contribution < -0.4 is 0 Å². The van der Waals surface area contributed by atoms with E-state index in [0.717, 1.165) is 4.67 Å². The van der Waals surface area contributed by atoms with Crippen LogP contribution in [0.4, 0.5) is 12.6 Å². The van der Waals surface area contributed by atoms with Crippen molar-refractivity contribution < 1.29 is 12.6 Å². The Hall–Kier alpha value is 0.280. The van der Waals surface area contributed by atoms with Crippen molar-refractivity contribution in [1.82, 2.24) is 4.67 Å². The predicted octanol–water partition coefficient (Wildman–Crippen LogP) is 3.57. The molecule has 0 aromatic rings. The Kier molecular flexibility index (Phi) is 5.14. The van der Waals surface area contributed by atoms with E-state index in [9.17, 15) is 12.6 Å². The highest BCUT2D eigenvalue weighted by Gasteiger charge is 2.21. The van der Waals surface area contributed by atoms with Gasteiger partial charge >= 0.3 is 16.9 Å². The Labute approximate surface area is 60.1 Å². The van der Waals surface area contributed by atoms with Gasteiger partial charge in [0.15, 0.2) is 0 Å². The number of hydrogen-bond acceptors (Lipinski definition) is 2. The maximum Gasteiger partial charge on any atom is 0.666 e. The topological polar surface area (TPSA) is 15.6 Å². The quantitative estimate of drug-likeness (QED) is 0.622. The lowest BCUT2D eigenvalue weighted by atomic mass is 10.8. The molecule has 0 saturated carbocycles. The van der Waals surface area contributed by atoms with Gasteiger partial charge in [0.1, 0.15) is 0 Å². The zero-order valence-electron chi connectivity index (χ0n) is 5.63. The molecule has 1 atom stereocenters. The average molecular weight is 191 g/mol. The molecule has 0 aliphatic carbocycles. The number of halogens is 3. The summed E-state index contributed by atoms with van der Waals surface area (Å²) in [7, 11) is -4.46. The zero-order valence-corrected chi connectivity index (χ0v) is 7.42. The van der Waals surface area contributed by atoms with Gasteiger partial charge < -0.3 is 0 Å². The third-order valence-electron chi connectivity index (χ3n) is 0.881. The van der Waals surface area contributed by atoms with E-state index in [0.29, 0.717) is 6.54 Å². The lowest BCUT2D eigenvalue weighted by Crippen LogP contribution is -2.06. The van der Waals surface area contributed by atoms with Crippen molar-refractivity contribution in [2.45, 2.75) is 6.92 Å². The highest BCUT2D eigenvalue weighted by atomic mass is 31.2. The molecule has 1 unspecified atom stereocenters. The van der Waals surface area contributed by atoms with Gasteiger partial charge in [-0.15, -0.1) is 0 Å². The molecule has 0 amide bonds. The highest BCUT2D eigenvalue weighted by Crippen LogP contribution is 2.49. The summed E-state index contributed by atoms with van der Waals surface area (Å²) in [4.78, 5) is 0. The first-order valence-corrected chi connectivity index (χ1v) is 4.79. The van der Waals surface area contributed by atoms with Crippen molar-refractivity contribution in [3.63, 3.8) is 0 Å². The van der Waals surface area contributed by atoms with Crippen molar-refractivity contribution in [3.8, 4) is 0 Å². The maximum absolute atomic E-state index is 12.4. The molecule has 0 aromatic carbocycles. The summed E-state index contributed by atoms with van der Waals surface area (Å²) in [6.07, 6.45) is 0. The lowest BCUT2D eigenvalue weighted by molar-refractivity contribution is 0.547. The smallest absolute Gasteiger partial charge is 0.237 e. The Morgan fingerprint density at radius 3 is 2.40 bits per heavy atom. The largest absolute Gasteiger partial charge is 0.666 e. The Bertz CT molecular complexity index is 127. The van der Waals surface area contributed by atoms with Crippen LogP contribution in [0.5, 0.6) is 0 Å². The van der Waals surface area contributed by atoms with E-state index >= 15 is 0 Å². The molecule has 10 heavy (non-hydrogen) atoms. The minimum atomic E-state index is -3.44. The molecule has 0 radical (unpaired) electrons. The molecular weight excluding hydrogens is 183 g/mol. The fraction of sp³-hybridized carbons (Fsp3) is 1.00. The van der Waals surface area contributed by atoms with Gasteiger partial charge in [0, 0.05) is 11.1 Å². The van der Waals surface area contributed by atoms with Crippen LogP contribution in [0.2, 0.25) is 0 Å². The SMILES string of the molecule is CCN(C)P(F)N=[P+](F)F. The molecular formula is C3H8F3N2P2+. The number of nitrogens with zero attached hydrogens (tertiary/aromatic N) is 2. The van der Waals surface area contributed by atoms with Crippen LogP contribution in [-0.4, -0.2) is 18.3 Å². The van der Waals surface area contributed by atoms with E-state index in [2.05, 4.69) is 4.52 Å². The summed E-state index contributed by atoms with van der Waals surface area (Å²) in [6, 6.07) is 0. The molecule has 0 rings (SSSR count). The average Bonchev–Trinajstić information content (AvgIpc) is 1.85. The minimum Gasteiger partial charge on any atom is -0.237 e. The lowest BCUT2D eigenvalue weighted by Gasteiger charge is -2.08. The first kappa shape index (κ1) is 10.3. The van der Waals surface area contributed by atoms with Crippen molar-refractivity contribution in [3.05, 3.63) is 0 Å². The molecule has 0 heterocycles. The molecule has 0 bridgehead atoms. The van der Waals surface area contributed by atoms with Gasteiger partial charge in [-0.3, -0.25) is 0 Å². The van der Waals surface area contributed by atoms with E-state index in [1.807, 2.05) is 0 Å². The Morgan fingerprint density at radius 1 is 1.60 bits per heavy atom. The molecule has 0 fully saturated rings. The molecule has 60 valence electrons. The van der Waals surface area contributed by atoms with E-state index < -0.39 is 16.9 Å². The van der Waals surface area contributed by atoms with Crippen LogP contribution in [-0.2, 0) is 0 Å². The second-order valence-corrected chi connectivity index (χ2v) is 3.83. The summed E-state index contributed by atoms with van der Waals surface area (Å²) in [5.41, 5.74) is 0. The minimum absolute atomic E-state index is 0.398. The molecule has 0 saturated heterocycles. The second kappa shape index (κ2) is 5.00. The van der Waals surface area contributed by atoms with Crippen molar-refractivity contribution in [1.29, 1.82) is 0 Å². The fourth-order valence-electron chi connectivity index (χ4n) is 0.241. The molecule has 0 aromatic heterocycles. The van der Waals surface area contributed by atoms with Crippen LogP contribution >= 0.6 is 16.9 Å². The zero-order chi connectivity index (χ0) is 8.15. The van der Waals surface area contributed by atoms with E-state index in [1.54, 1.807) is 6.92 Å². The third kappa shape index (κ3) is 4.15. The summed E-state index contributed by atoms with van der Waals surface area (Å²) in [5.74, 6) is 0. The predicted molar refractivity (Wildman–Crippen MR) is 37.9 cm³/mol. The standard InChI is InChI=1S/C3H8F3N2P2/c1-3-8(2)10(6)7-9(4)5/h3H2,1-2H3/q+1. The number of hydrogen-bond donors (Lipinski definition) is 0. The van der Waals surface area contributed by atoms with Crippen molar-refractivity contribution >= 4 is 16.9 Å². The molecule has 0 N–H and O–H groups in total. The third-order valence-corrected chi connectivity index (χ3v) is 2.86. The molecule has 0 aliphatic heterocycles. The highest BCUT2D eigenvalue weighted by molar-refractivity contribution is 7.55. The first-order valence-electron chi connectivity index (χ1n) is 2.58. The summed E-state index contributed by atoms with van der Waals surface area (Å²) in [6.45, 7) is 2.08. The normalized spacial score (nSPS) is 13.4. The second-order valence-electron chi connectivity index (χ2n) is 1.52. The molecule has 0 spiro atoms. The Morgan fingerprint density at radius 2 is 2.10 bits per heavy atom. The maximum atomic E-state index is 12.4. The summed E-state index contributed by atoms with van der Waals surface area (Å²) < 4.78 is 39.0. The van der Waals surface area contributed by atoms with Crippen molar-refractivity contribution in [2.75, 3.05) is 13.6 Å².